The summed E-state index contributed by atoms with van der Waals surface area (Å²) in [4.78, 5) is 25.3. The Bertz CT molecular complexity index is 1150. The molecule has 0 radical (unpaired) electrons. The smallest absolute Gasteiger partial charge is 0.342 e. The molecule has 9 heteroatoms. The van der Waals surface area contributed by atoms with E-state index >= 15 is 0 Å². The largest absolute Gasteiger partial charge is 0.416 e. The third kappa shape index (κ3) is 6.91. The summed E-state index contributed by atoms with van der Waals surface area (Å²) in [5, 5.41) is 3.03. The van der Waals surface area contributed by atoms with Gasteiger partial charge in [-0.15, -0.1) is 0 Å². The van der Waals surface area contributed by atoms with E-state index < -0.39 is 11.7 Å². The molecule has 2 amide bonds. The van der Waals surface area contributed by atoms with Crippen LogP contribution in [0.1, 0.15) is 49.6 Å². The third-order valence-electron chi connectivity index (χ3n) is 6.88. The number of alkyl halides is 3. The summed E-state index contributed by atoms with van der Waals surface area (Å²) < 4.78 is 38.6. The molecule has 37 heavy (non-hydrogen) atoms. The Morgan fingerprint density at radius 3 is 2.41 bits per heavy atom. The molecule has 3 aromatic rings. The molecule has 1 fully saturated rings. The van der Waals surface area contributed by atoms with Crippen molar-refractivity contribution in [3.8, 4) is 11.4 Å². The molecule has 4 rings (SSSR count). The normalized spacial score (nSPS) is 15.1. The van der Waals surface area contributed by atoms with Crippen LogP contribution in [0.25, 0.3) is 11.4 Å². The predicted octanol–water partition coefficient (Wildman–Crippen LogP) is 6.70. The van der Waals surface area contributed by atoms with Gasteiger partial charge < -0.3 is 15.2 Å². The number of hydrogen-bond donors (Lipinski definition) is 2. The van der Waals surface area contributed by atoms with E-state index in [4.69, 9.17) is 0 Å². The van der Waals surface area contributed by atoms with E-state index in [1.165, 1.54) is 12.1 Å². The zero-order chi connectivity index (χ0) is 26.4. The average Bonchev–Trinajstić information content (AvgIpc) is 3.25. The second kappa shape index (κ2) is 11.8. The van der Waals surface area contributed by atoms with Crippen LogP contribution >= 0.6 is 0 Å². The Hall–Kier alpha value is -3.33. The van der Waals surface area contributed by atoms with E-state index in [2.05, 4.69) is 27.1 Å². The minimum atomic E-state index is -4.36. The van der Waals surface area contributed by atoms with Gasteiger partial charge in [-0.2, -0.15) is 13.2 Å². The predicted molar refractivity (Wildman–Crippen MR) is 139 cm³/mol. The summed E-state index contributed by atoms with van der Waals surface area (Å²) in [7, 11) is 0. The van der Waals surface area contributed by atoms with Gasteiger partial charge in [0, 0.05) is 49.2 Å². The first kappa shape index (κ1) is 26.7. The quantitative estimate of drug-likeness (QED) is 0.352. The lowest BCUT2D eigenvalue weighted by Crippen LogP contribution is -2.49. The molecular weight excluding hydrogens is 479 g/mol. The summed E-state index contributed by atoms with van der Waals surface area (Å²) in [5.41, 5.74) is 2.54. The van der Waals surface area contributed by atoms with Crippen molar-refractivity contribution in [1.82, 2.24) is 19.8 Å². The van der Waals surface area contributed by atoms with Gasteiger partial charge in [0.1, 0.15) is 5.82 Å². The number of anilines is 1. The number of amides is 2. The molecule has 0 aliphatic carbocycles. The zero-order valence-corrected chi connectivity index (χ0v) is 21.3. The Morgan fingerprint density at radius 1 is 1.11 bits per heavy atom. The van der Waals surface area contributed by atoms with Gasteiger partial charge in [-0.25, -0.2) is 9.78 Å². The van der Waals surface area contributed by atoms with Gasteiger partial charge in [-0.1, -0.05) is 43.7 Å². The van der Waals surface area contributed by atoms with E-state index in [1.807, 2.05) is 42.2 Å². The molecule has 1 aliphatic rings. The van der Waals surface area contributed by atoms with Gasteiger partial charge in [-0.3, -0.25) is 4.90 Å². The van der Waals surface area contributed by atoms with Crippen molar-refractivity contribution < 1.29 is 18.0 Å². The van der Waals surface area contributed by atoms with Crippen LogP contribution in [0.5, 0.6) is 0 Å². The number of urea groups is 1. The van der Waals surface area contributed by atoms with Gasteiger partial charge >= 0.3 is 12.2 Å². The number of imidazole rings is 1. The standard InChI is InChI=1S/C28H34F3N5O/c1-3-4-16-36(27(37)33-23-8-6-5-7-9-23)24-14-17-35(18-15-24)19-25-20(2)32-26(34-25)21-10-12-22(13-11-21)28(29,30)31/h5-13,24H,3-4,14-19H2,1-2H3,(H,32,34)(H,33,37). The third-order valence-corrected chi connectivity index (χ3v) is 6.88. The van der Waals surface area contributed by atoms with Gasteiger partial charge in [0.2, 0.25) is 0 Å². The molecule has 2 heterocycles. The number of piperidine rings is 1. The number of aromatic amines is 1. The molecule has 0 atom stereocenters. The van der Waals surface area contributed by atoms with E-state index in [-0.39, 0.29) is 12.1 Å². The van der Waals surface area contributed by atoms with Crippen molar-refractivity contribution >= 4 is 11.7 Å². The highest BCUT2D eigenvalue weighted by Crippen LogP contribution is 2.31. The number of rotatable bonds is 8. The lowest BCUT2D eigenvalue weighted by Gasteiger charge is -2.38. The number of hydrogen-bond acceptors (Lipinski definition) is 3. The zero-order valence-electron chi connectivity index (χ0n) is 21.3. The van der Waals surface area contributed by atoms with Gasteiger partial charge in [0.25, 0.3) is 0 Å². The van der Waals surface area contributed by atoms with E-state index in [0.717, 1.165) is 74.5 Å². The molecule has 0 saturated carbocycles. The number of likely N-dealkylation sites (tertiary alicyclic amines) is 1. The Morgan fingerprint density at radius 2 is 1.78 bits per heavy atom. The fourth-order valence-electron chi connectivity index (χ4n) is 4.70. The van der Waals surface area contributed by atoms with E-state index in [0.29, 0.717) is 17.9 Å². The molecule has 0 spiro atoms. The van der Waals surface area contributed by atoms with Gasteiger partial charge in [-0.05, 0) is 50.5 Å². The first-order valence-electron chi connectivity index (χ1n) is 12.8. The number of halogens is 3. The topological polar surface area (TPSA) is 64.3 Å². The van der Waals surface area contributed by atoms with E-state index in [9.17, 15) is 18.0 Å². The van der Waals surface area contributed by atoms with Crippen molar-refractivity contribution in [2.24, 2.45) is 0 Å². The van der Waals surface area contributed by atoms with Crippen LogP contribution < -0.4 is 5.32 Å². The van der Waals surface area contributed by atoms with Crippen LogP contribution in [0.4, 0.5) is 23.7 Å². The van der Waals surface area contributed by atoms with Crippen molar-refractivity contribution in [1.29, 1.82) is 0 Å². The monoisotopic (exact) mass is 513 g/mol. The van der Waals surface area contributed by atoms with Crippen molar-refractivity contribution in [2.75, 3.05) is 25.0 Å². The highest BCUT2D eigenvalue weighted by atomic mass is 19.4. The summed E-state index contributed by atoms with van der Waals surface area (Å²) in [6, 6.07) is 14.7. The number of benzene rings is 2. The van der Waals surface area contributed by atoms with Crippen LogP contribution in [-0.4, -0.2) is 51.5 Å². The van der Waals surface area contributed by atoms with Gasteiger partial charge in [0.15, 0.2) is 0 Å². The summed E-state index contributed by atoms with van der Waals surface area (Å²) >= 11 is 0. The van der Waals surface area contributed by atoms with Crippen molar-refractivity contribution in [2.45, 2.75) is 58.3 Å². The molecule has 0 unspecified atom stereocenters. The number of unbranched alkanes of at least 4 members (excludes halogenated alkanes) is 1. The maximum atomic E-state index is 13.1. The number of carbonyl (C=O) groups excluding carboxylic acids is 1. The molecule has 1 aliphatic heterocycles. The Kier molecular flexibility index (Phi) is 8.53. The van der Waals surface area contributed by atoms with Crippen molar-refractivity contribution in [3.05, 3.63) is 71.5 Å². The number of aryl methyl sites for hydroxylation is 1. The summed E-state index contributed by atoms with van der Waals surface area (Å²) in [6.07, 6.45) is -0.624. The number of nitrogens with zero attached hydrogens (tertiary/aromatic N) is 3. The van der Waals surface area contributed by atoms with Crippen LogP contribution in [-0.2, 0) is 12.7 Å². The summed E-state index contributed by atoms with van der Waals surface area (Å²) in [6.45, 7) is 7.13. The average molecular weight is 514 g/mol. The Labute approximate surface area is 215 Å². The fourth-order valence-corrected chi connectivity index (χ4v) is 4.70. The lowest BCUT2D eigenvalue weighted by atomic mass is 10.0. The number of H-pyrrole nitrogens is 1. The molecule has 198 valence electrons. The first-order valence-corrected chi connectivity index (χ1v) is 12.8. The molecule has 1 aromatic heterocycles. The number of nitrogens with one attached hydrogen (secondary N) is 2. The molecular formula is C28H34F3N5O. The first-order chi connectivity index (χ1) is 17.7. The molecule has 6 nitrogen and oxygen atoms in total. The van der Waals surface area contributed by atoms with E-state index in [1.54, 1.807) is 0 Å². The van der Waals surface area contributed by atoms with Gasteiger partial charge in [0.05, 0.1) is 11.3 Å². The maximum absolute atomic E-state index is 13.1. The number of aromatic nitrogens is 2. The highest BCUT2D eigenvalue weighted by Gasteiger charge is 2.30. The highest BCUT2D eigenvalue weighted by molar-refractivity contribution is 5.89. The van der Waals surface area contributed by atoms with Crippen LogP contribution in [0, 0.1) is 6.92 Å². The second-order valence-corrected chi connectivity index (χ2v) is 9.58. The lowest BCUT2D eigenvalue weighted by molar-refractivity contribution is -0.137. The van der Waals surface area contributed by atoms with Crippen LogP contribution in [0.15, 0.2) is 54.6 Å². The van der Waals surface area contributed by atoms with Crippen LogP contribution in [0.3, 0.4) is 0 Å². The molecule has 2 N–H and O–H groups in total. The number of carbonyl (C=O) groups is 1. The van der Waals surface area contributed by atoms with Crippen molar-refractivity contribution in [3.63, 3.8) is 0 Å². The SMILES string of the molecule is CCCCN(C(=O)Nc1ccccc1)C1CCN(Cc2nc(-c3ccc(C(F)(F)F)cc3)[nH]c2C)CC1. The summed E-state index contributed by atoms with van der Waals surface area (Å²) in [5.74, 6) is 0.569. The van der Waals surface area contributed by atoms with Crippen LogP contribution in [0.2, 0.25) is 0 Å². The molecule has 0 bridgehead atoms. The minimum absolute atomic E-state index is 0.0533. The molecule has 1 saturated heterocycles. The molecule has 2 aromatic carbocycles. The second-order valence-electron chi connectivity index (χ2n) is 9.58. The number of para-hydroxylation sites is 1. The minimum Gasteiger partial charge on any atom is -0.342 e. The Balaban J connectivity index is 1.36. The maximum Gasteiger partial charge on any atom is 0.416 e. The fraction of sp³-hybridized carbons (Fsp3) is 0.429.